The van der Waals surface area contributed by atoms with Crippen LogP contribution in [0.2, 0.25) is 5.02 Å². The molecule has 1 N–H and O–H groups in total. The molecule has 0 radical (unpaired) electrons. The van der Waals surface area contributed by atoms with Gasteiger partial charge in [-0.1, -0.05) is 17.7 Å². The maximum atomic E-state index is 11.9. The van der Waals surface area contributed by atoms with Crippen LogP contribution >= 0.6 is 11.6 Å². The zero-order chi connectivity index (χ0) is 13.8. The van der Waals surface area contributed by atoms with Crippen LogP contribution in [0.25, 0.3) is 0 Å². The van der Waals surface area contributed by atoms with Crippen LogP contribution in [0.3, 0.4) is 0 Å². The fourth-order valence-corrected chi connectivity index (χ4v) is 1.80. The highest BCUT2D eigenvalue weighted by atomic mass is 35.5. The zero-order valence-corrected chi connectivity index (χ0v) is 11.2. The van der Waals surface area contributed by atoms with E-state index in [0.29, 0.717) is 10.7 Å². The molecule has 2 heterocycles. The van der Waals surface area contributed by atoms with Gasteiger partial charge in [-0.3, -0.25) is 14.5 Å². The van der Waals surface area contributed by atoms with Crippen molar-refractivity contribution in [2.75, 3.05) is 0 Å². The predicted octanol–water partition coefficient (Wildman–Crippen LogP) is 1.54. The summed E-state index contributed by atoms with van der Waals surface area (Å²) in [7, 11) is 1.65. The molecule has 7 heteroatoms. The number of aryl methyl sites for hydroxylation is 2. The Balaban J connectivity index is 2.08. The van der Waals surface area contributed by atoms with E-state index < -0.39 is 5.91 Å². The molecule has 19 heavy (non-hydrogen) atoms. The van der Waals surface area contributed by atoms with Crippen LogP contribution in [0.1, 0.15) is 21.7 Å². The van der Waals surface area contributed by atoms with Gasteiger partial charge in [0, 0.05) is 25.0 Å². The number of rotatable bonds is 3. The second-order valence-electron chi connectivity index (χ2n) is 3.86. The molecule has 2 aromatic heterocycles. The van der Waals surface area contributed by atoms with Gasteiger partial charge in [-0.05, 0) is 13.0 Å². The summed E-state index contributed by atoms with van der Waals surface area (Å²) >= 11 is 6.00. The first-order valence-electron chi connectivity index (χ1n) is 5.52. The molecule has 0 atom stereocenters. The summed E-state index contributed by atoms with van der Waals surface area (Å²) in [6, 6.07) is 3.61. The Kier molecular flexibility index (Phi) is 3.91. The molecule has 0 unspecified atom stereocenters. The Hall–Kier alpha value is -2.21. The van der Waals surface area contributed by atoms with Crippen molar-refractivity contribution in [3.63, 3.8) is 0 Å². The number of carbonyl (C=O) groups is 1. The van der Waals surface area contributed by atoms with E-state index >= 15 is 0 Å². The van der Waals surface area contributed by atoms with Gasteiger partial charge in [0.05, 0.1) is 16.9 Å². The minimum absolute atomic E-state index is 0.280. The van der Waals surface area contributed by atoms with Gasteiger partial charge in [0.1, 0.15) is 5.69 Å². The third-order valence-corrected chi connectivity index (χ3v) is 2.88. The number of aromatic nitrogens is 3. The molecule has 0 aliphatic rings. The van der Waals surface area contributed by atoms with E-state index in [1.54, 1.807) is 32.4 Å². The maximum Gasteiger partial charge on any atom is 0.291 e. The molecule has 0 aliphatic carbocycles. The first-order valence-corrected chi connectivity index (χ1v) is 5.90. The first-order chi connectivity index (χ1) is 9.09. The highest BCUT2D eigenvalue weighted by molar-refractivity contribution is 6.34. The smallest absolute Gasteiger partial charge is 0.266 e. The molecular weight excluding hydrogens is 266 g/mol. The van der Waals surface area contributed by atoms with E-state index in [4.69, 9.17) is 11.6 Å². The molecule has 0 saturated heterocycles. The van der Waals surface area contributed by atoms with Crippen molar-refractivity contribution in [2.24, 2.45) is 12.1 Å². The molecule has 0 aliphatic heterocycles. The number of hydrazone groups is 1. The maximum absolute atomic E-state index is 11.9. The van der Waals surface area contributed by atoms with Crippen molar-refractivity contribution < 1.29 is 4.79 Å². The van der Waals surface area contributed by atoms with Crippen molar-refractivity contribution in [3.05, 3.63) is 46.5 Å². The lowest BCUT2D eigenvalue weighted by Crippen LogP contribution is -2.21. The Morgan fingerprint density at radius 2 is 2.37 bits per heavy atom. The molecule has 0 spiro atoms. The summed E-state index contributed by atoms with van der Waals surface area (Å²) in [5, 5.41) is 8.24. The molecule has 2 rings (SSSR count). The SMILES string of the molecule is Cc1nn(C)c(C(=O)NN=Cc2cccnc2)c1Cl. The van der Waals surface area contributed by atoms with Gasteiger partial charge in [-0.15, -0.1) is 0 Å². The second kappa shape index (κ2) is 5.62. The topological polar surface area (TPSA) is 72.2 Å². The van der Waals surface area contributed by atoms with Gasteiger partial charge in [-0.2, -0.15) is 10.2 Å². The lowest BCUT2D eigenvalue weighted by molar-refractivity contribution is 0.0946. The van der Waals surface area contributed by atoms with Crippen LogP contribution in [0.15, 0.2) is 29.6 Å². The predicted molar refractivity (Wildman–Crippen MR) is 72.3 cm³/mol. The summed E-state index contributed by atoms with van der Waals surface area (Å²) in [6.45, 7) is 1.73. The average molecular weight is 278 g/mol. The molecule has 6 nitrogen and oxygen atoms in total. The lowest BCUT2D eigenvalue weighted by atomic mass is 10.3. The van der Waals surface area contributed by atoms with Gasteiger partial charge in [0.15, 0.2) is 0 Å². The highest BCUT2D eigenvalue weighted by Gasteiger charge is 2.17. The average Bonchev–Trinajstić information content (AvgIpc) is 2.64. The normalized spacial score (nSPS) is 10.9. The Bertz CT molecular complexity index is 621. The fourth-order valence-electron chi connectivity index (χ4n) is 1.55. The molecule has 0 fully saturated rings. The number of nitrogens with zero attached hydrogens (tertiary/aromatic N) is 4. The van der Waals surface area contributed by atoms with Crippen LogP contribution < -0.4 is 5.43 Å². The van der Waals surface area contributed by atoms with Crippen LogP contribution in [-0.2, 0) is 7.05 Å². The minimum atomic E-state index is -0.409. The molecular formula is C12H12ClN5O. The van der Waals surface area contributed by atoms with E-state index in [-0.39, 0.29) is 5.69 Å². The molecule has 2 aromatic rings. The number of pyridine rings is 1. The Morgan fingerprint density at radius 3 is 2.95 bits per heavy atom. The summed E-state index contributed by atoms with van der Waals surface area (Å²) < 4.78 is 1.42. The van der Waals surface area contributed by atoms with Crippen LogP contribution in [0.5, 0.6) is 0 Å². The standard InChI is InChI=1S/C12H12ClN5O/c1-8-10(13)11(18(2)17-8)12(19)16-15-7-9-4-3-5-14-6-9/h3-7H,1-2H3,(H,16,19). The molecule has 0 saturated carbocycles. The second-order valence-corrected chi connectivity index (χ2v) is 4.24. The van der Waals surface area contributed by atoms with E-state index in [2.05, 4.69) is 20.6 Å². The van der Waals surface area contributed by atoms with Crippen molar-refractivity contribution >= 4 is 23.7 Å². The Labute approximate surface area is 115 Å². The van der Waals surface area contributed by atoms with Gasteiger partial charge >= 0.3 is 0 Å². The van der Waals surface area contributed by atoms with Crippen LogP contribution in [0, 0.1) is 6.92 Å². The van der Waals surface area contributed by atoms with E-state index in [1.165, 1.54) is 10.9 Å². The summed E-state index contributed by atoms with van der Waals surface area (Å²) in [6.07, 6.45) is 4.80. The van der Waals surface area contributed by atoms with Crippen molar-refractivity contribution in [2.45, 2.75) is 6.92 Å². The molecule has 98 valence electrons. The number of hydrogen-bond acceptors (Lipinski definition) is 4. The van der Waals surface area contributed by atoms with E-state index in [1.807, 2.05) is 6.07 Å². The minimum Gasteiger partial charge on any atom is -0.266 e. The van der Waals surface area contributed by atoms with Gasteiger partial charge in [0.2, 0.25) is 0 Å². The summed E-state index contributed by atoms with van der Waals surface area (Å²) in [5.74, 6) is -0.409. The number of amides is 1. The van der Waals surface area contributed by atoms with Gasteiger partial charge < -0.3 is 0 Å². The van der Waals surface area contributed by atoms with Gasteiger partial charge in [0.25, 0.3) is 5.91 Å². The van der Waals surface area contributed by atoms with E-state index in [9.17, 15) is 4.79 Å². The lowest BCUT2D eigenvalue weighted by Gasteiger charge is -2.00. The number of halogens is 1. The number of carbonyl (C=O) groups excluding carboxylic acids is 1. The van der Waals surface area contributed by atoms with Crippen molar-refractivity contribution in [3.8, 4) is 0 Å². The van der Waals surface area contributed by atoms with Crippen molar-refractivity contribution in [1.82, 2.24) is 20.2 Å². The summed E-state index contributed by atoms with van der Waals surface area (Å²) in [4.78, 5) is 15.8. The monoisotopic (exact) mass is 277 g/mol. The third kappa shape index (κ3) is 2.97. The molecule has 0 aromatic carbocycles. The highest BCUT2D eigenvalue weighted by Crippen LogP contribution is 2.18. The van der Waals surface area contributed by atoms with Crippen molar-refractivity contribution in [1.29, 1.82) is 0 Å². The van der Waals surface area contributed by atoms with Gasteiger partial charge in [-0.25, -0.2) is 5.43 Å². The number of nitrogens with one attached hydrogen (secondary N) is 1. The number of hydrogen-bond donors (Lipinski definition) is 1. The van der Waals surface area contributed by atoms with Crippen LogP contribution in [0.4, 0.5) is 0 Å². The Morgan fingerprint density at radius 1 is 1.58 bits per heavy atom. The molecule has 1 amide bonds. The summed E-state index contributed by atoms with van der Waals surface area (Å²) in [5.41, 5.74) is 4.07. The van der Waals surface area contributed by atoms with Crippen LogP contribution in [-0.4, -0.2) is 26.9 Å². The first kappa shape index (κ1) is 13.2. The largest absolute Gasteiger partial charge is 0.291 e. The molecule has 0 bridgehead atoms. The zero-order valence-electron chi connectivity index (χ0n) is 10.5. The fraction of sp³-hybridized carbons (Fsp3) is 0.167. The third-order valence-electron chi connectivity index (χ3n) is 2.43. The van der Waals surface area contributed by atoms with E-state index in [0.717, 1.165) is 5.56 Å². The quantitative estimate of drug-likeness (QED) is 0.683.